The molecule has 1 N–H and O–H groups in total. The van der Waals surface area contributed by atoms with E-state index in [1.165, 1.54) is 18.5 Å². The number of nitrogens with one attached hydrogen (secondary N) is 1. The molecule has 1 aliphatic heterocycles. The molecule has 0 radical (unpaired) electrons. The normalized spacial score (nSPS) is 14.4. The first-order chi connectivity index (χ1) is 14.9. The van der Waals surface area contributed by atoms with E-state index in [2.05, 4.69) is 20.4 Å². The number of carbonyl (C=O) groups excluding carboxylic acids is 1. The molecule has 0 atom stereocenters. The molecule has 2 aromatic heterocycles. The number of hydrogen-bond donors (Lipinski definition) is 1. The molecule has 0 saturated carbocycles. The summed E-state index contributed by atoms with van der Waals surface area (Å²) in [6.45, 7) is 2.50. The molecule has 162 valence electrons. The van der Waals surface area contributed by atoms with Gasteiger partial charge in [0.1, 0.15) is 5.82 Å². The van der Waals surface area contributed by atoms with Crippen LogP contribution in [-0.2, 0) is 20.3 Å². The predicted octanol–water partition coefficient (Wildman–Crippen LogP) is 1.77. The molecule has 3 aromatic rings. The van der Waals surface area contributed by atoms with Crippen LogP contribution in [0.2, 0.25) is 0 Å². The zero-order valence-corrected chi connectivity index (χ0v) is 17.6. The molecule has 0 bridgehead atoms. The number of benzene rings is 1. The predicted molar refractivity (Wildman–Crippen MR) is 114 cm³/mol. The van der Waals surface area contributed by atoms with E-state index < -0.39 is 15.7 Å². The SMILES string of the molecule is CS(=O)(=O)Cc1cc(N2CCOCC2)nc(-c2ccc(NC(=O)c3ccno3)cc2)n1. The lowest BCUT2D eigenvalue weighted by molar-refractivity contribution is 0.0988. The molecule has 3 heterocycles. The van der Waals surface area contributed by atoms with Crippen LogP contribution in [0.25, 0.3) is 11.4 Å². The average Bonchev–Trinajstić information content (AvgIpc) is 3.29. The summed E-state index contributed by atoms with van der Waals surface area (Å²) >= 11 is 0. The molecule has 0 spiro atoms. The number of anilines is 2. The molecular formula is C20H21N5O5S. The van der Waals surface area contributed by atoms with Gasteiger partial charge < -0.3 is 19.5 Å². The van der Waals surface area contributed by atoms with Gasteiger partial charge in [0, 0.05) is 42.7 Å². The fourth-order valence-corrected chi connectivity index (χ4v) is 3.82. The van der Waals surface area contributed by atoms with Crippen molar-refractivity contribution in [2.45, 2.75) is 5.75 Å². The second-order valence-corrected chi connectivity index (χ2v) is 9.26. The Bertz CT molecular complexity index is 1160. The van der Waals surface area contributed by atoms with Crippen molar-refractivity contribution in [2.75, 3.05) is 42.8 Å². The van der Waals surface area contributed by atoms with E-state index in [0.29, 0.717) is 54.9 Å². The van der Waals surface area contributed by atoms with Crippen LogP contribution in [-0.4, -0.2) is 62.0 Å². The Morgan fingerprint density at radius 3 is 2.52 bits per heavy atom. The average molecular weight is 443 g/mol. The third-order valence-electron chi connectivity index (χ3n) is 4.57. The zero-order chi connectivity index (χ0) is 21.8. The molecule has 4 rings (SSSR count). The van der Waals surface area contributed by atoms with Crippen molar-refractivity contribution in [1.29, 1.82) is 0 Å². The highest BCUT2D eigenvalue weighted by Gasteiger charge is 2.18. The van der Waals surface area contributed by atoms with E-state index in [1.54, 1.807) is 30.3 Å². The minimum absolute atomic E-state index is 0.107. The summed E-state index contributed by atoms with van der Waals surface area (Å²) in [5.74, 6) is 0.596. The van der Waals surface area contributed by atoms with Gasteiger partial charge in [-0.15, -0.1) is 0 Å². The molecule has 1 fully saturated rings. The van der Waals surface area contributed by atoms with E-state index >= 15 is 0 Å². The Labute approximate surface area is 179 Å². The Balaban J connectivity index is 1.61. The van der Waals surface area contributed by atoms with Crippen LogP contribution in [0.1, 0.15) is 16.2 Å². The highest BCUT2D eigenvalue weighted by Crippen LogP contribution is 2.23. The number of nitrogens with zero attached hydrogens (tertiary/aromatic N) is 4. The molecule has 31 heavy (non-hydrogen) atoms. The Hall–Kier alpha value is -3.31. The first-order valence-corrected chi connectivity index (χ1v) is 11.6. The standard InChI is InChI=1S/C20H21N5O5S/c1-31(27,28)13-16-12-18(25-8-10-29-11-9-25)24-19(22-16)14-2-4-15(5-3-14)23-20(26)17-6-7-21-30-17/h2-7,12H,8-11,13H2,1H3,(H,23,26). The third kappa shape index (κ3) is 5.44. The molecule has 1 aliphatic rings. The lowest BCUT2D eigenvalue weighted by Gasteiger charge is -2.28. The number of amides is 1. The van der Waals surface area contributed by atoms with Gasteiger partial charge in [0.25, 0.3) is 5.91 Å². The first kappa shape index (κ1) is 20.9. The first-order valence-electron chi connectivity index (χ1n) is 9.58. The van der Waals surface area contributed by atoms with E-state index in [0.717, 1.165) is 0 Å². The summed E-state index contributed by atoms with van der Waals surface area (Å²) in [5, 5.41) is 6.23. The second-order valence-electron chi connectivity index (χ2n) is 7.12. The van der Waals surface area contributed by atoms with Gasteiger partial charge in [-0.3, -0.25) is 4.79 Å². The van der Waals surface area contributed by atoms with Crippen molar-refractivity contribution in [1.82, 2.24) is 15.1 Å². The van der Waals surface area contributed by atoms with Gasteiger partial charge in [0.15, 0.2) is 15.7 Å². The van der Waals surface area contributed by atoms with E-state index in [4.69, 9.17) is 9.26 Å². The van der Waals surface area contributed by atoms with Gasteiger partial charge in [0.05, 0.1) is 30.9 Å². The van der Waals surface area contributed by atoms with E-state index in [9.17, 15) is 13.2 Å². The minimum atomic E-state index is -3.26. The van der Waals surface area contributed by atoms with Crippen molar-refractivity contribution >= 4 is 27.2 Å². The second kappa shape index (κ2) is 8.82. The molecule has 11 heteroatoms. The third-order valence-corrected chi connectivity index (χ3v) is 5.39. The summed E-state index contributed by atoms with van der Waals surface area (Å²) in [7, 11) is -3.26. The maximum Gasteiger partial charge on any atom is 0.294 e. The topological polar surface area (TPSA) is 128 Å². The summed E-state index contributed by atoms with van der Waals surface area (Å²) in [6, 6.07) is 10.1. The fraction of sp³-hybridized carbons (Fsp3) is 0.300. The van der Waals surface area contributed by atoms with Crippen LogP contribution in [0.15, 0.2) is 47.1 Å². The minimum Gasteiger partial charge on any atom is -0.378 e. The van der Waals surface area contributed by atoms with Gasteiger partial charge in [-0.1, -0.05) is 5.16 Å². The zero-order valence-electron chi connectivity index (χ0n) is 16.8. The summed E-state index contributed by atoms with van der Waals surface area (Å²) in [5.41, 5.74) is 1.69. The van der Waals surface area contributed by atoms with Crippen LogP contribution in [0.4, 0.5) is 11.5 Å². The summed E-state index contributed by atoms with van der Waals surface area (Å²) < 4.78 is 33.9. The quantitative estimate of drug-likeness (QED) is 0.606. The Kier molecular flexibility index (Phi) is 5.96. The molecule has 0 aliphatic carbocycles. The lowest BCUT2D eigenvalue weighted by atomic mass is 10.2. The van der Waals surface area contributed by atoms with Crippen LogP contribution >= 0.6 is 0 Å². The smallest absolute Gasteiger partial charge is 0.294 e. The number of aromatic nitrogens is 3. The van der Waals surface area contributed by atoms with Crippen LogP contribution in [0.3, 0.4) is 0 Å². The van der Waals surface area contributed by atoms with Gasteiger partial charge in [0.2, 0.25) is 5.76 Å². The maximum atomic E-state index is 12.1. The van der Waals surface area contributed by atoms with Crippen molar-refractivity contribution in [3.05, 3.63) is 54.0 Å². The Morgan fingerprint density at radius 1 is 1.13 bits per heavy atom. The van der Waals surface area contributed by atoms with Gasteiger partial charge in [-0.25, -0.2) is 18.4 Å². The van der Waals surface area contributed by atoms with Crippen molar-refractivity contribution < 1.29 is 22.5 Å². The summed E-state index contributed by atoms with van der Waals surface area (Å²) in [4.78, 5) is 23.2. The van der Waals surface area contributed by atoms with E-state index in [-0.39, 0.29) is 11.5 Å². The number of hydrogen-bond acceptors (Lipinski definition) is 9. The highest BCUT2D eigenvalue weighted by molar-refractivity contribution is 7.89. The number of rotatable bonds is 6. The van der Waals surface area contributed by atoms with Gasteiger partial charge in [-0.05, 0) is 24.3 Å². The summed E-state index contributed by atoms with van der Waals surface area (Å²) in [6.07, 6.45) is 2.57. The number of sulfone groups is 1. The molecule has 1 saturated heterocycles. The van der Waals surface area contributed by atoms with Gasteiger partial charge >= 0.3 is 0 Å². The van der Waals surface area contributed by atoms with E-state index in [1.807, 2.05) is 4.90 Å². The Morgan fingerprint density at radius 2 is 1.87 bits per heavy atom. The molecule has 0 unspecified atom stereocenters. The number of morpholine rings is 1. The van der Waals surface area contributed by atoms with Crippen molar-refractivity contribution in [2.24, 2.45) is 0 Å². The number of ether oxygens (including phenoxy) is 1. The van der Waals surface area contributed by atoms with Crippen LogP contribution in [0, 0.1) is 0 Å². The van der Waals surface area contributed by atoms with Crippen LogP contribution in [0.5, 0.6) is 0 Å². The highest BCUT2D eigenvalue weighted by atomic mass is 32.2. The van der Waals surface area contributed by atoms with Crippen LogP contribution < -0.4 is 10.2 Å². The van der Waals surface area contributed by atoms with Crippen molar-refractivity contribution in [3.63, 3.8) is 0 Å². The molecule has 1 aromatic carbocycles. The largest absolute Gasteiger partial charge is 0.378 e. The lowest BCUT2D eigenvalue weighted by Crippen LogP contribution is -2.37. The molecule has 10 nitrogen and oxygen atoms in total. The maximum absolute atomic E-state index is 12.1. The van der Waals surface area contributed by atoms with Gasteiger partial charge in [-0.2, -0.15) is 0 Å². The number of carbonyl (C=O) groups is 1. The molecular weight excluding hydrogens is 422 g/mol. The monoisotopic (exact) mass is 443 g/mol. The molecule has 1 amide bonds. The fourth-order valence-electron chi connectivity index (χ4n) is 3.14. The van der Waals surface area contributed by atoms with Crippen molar-refractivity contribution in [3.8, 4) is 11.4 Å².